The summed E-state index contributed by atoms with van der Waals surface area (Å²) in [5.41, 5.74) is 3.61. The first kappa shape index (κ1) is 12.1. The number of hydrogen-bond acceptors (Lipinski definition) is 2. The largest absolute Gasteiger partial charge is 0.256 e. The minimum absolute atomic E-state index is 0.583. The Bertz CT molecular complexity index is 575. The number of nitriles is 1. The maximum Gasteiger partial charge on any atom is 0.101 e. The van der Waals surface area contributed by atoms with Gasteiger partial charge in [0, 0.05) is 6.20 Å². The molecule has 18 heavy (non-hydrogen) atoms. The Morgan fingerprint density at radius 1 is 1.22 bits per heavy atom. The predicted molar refractivity (Wildman–Crippen MR) is 73.5 cm³/mol. The van der Waals surface area contributed by atoms with Gasteiger partial charge in [0.15, 0.2) is 0 Å². The predicted octanol–water partition coefficient (Wildman–Crippen LogP) is 3.71. The average Bonchev–Trinajstić information content (AvgIpc) is 2.46. The van der Waals surface area contributed by atoms with Gasteiger partial charge in [-0.05, 0) is 35.8 Å². The summed E-state index contributed by atoms with van der Waals surface area (Å²) >= 11 is 0. The fraction of sp³-hybridized carbons (Fsp3) is 0.125. The van der Waals surface area contributed by atoms with Gasteiger partial charge in [0.1, 0.15) is 6.07 Å². The van der Waals surface area contributed by atoms with E-state index in [4.69, 9.17) is 0 Å². The highest BCUT2D eigenvalue weighted by molar-refractivity contribution is 5.88. The molecular formula is C16H14N2. The van der Waals surface area contributed by atoms with Gasteiger partial charge in [-0.25, -0.2) is 0 Å². The molecule has 88 valence electrons. The molecule has 0 aliphatic rings. The fourth-order valence-corrected chi connectivity index (χ4v) is 1.70. The second-order valence-corrected chi connectivity index (χ2v) is 3.98. The number of benzene rings is 1. The number of pyridine rings is 1. The topological polar surface area (TPSA) is 36.7 Å². The number of allylic oxidation sites excluding steroid dienone is 1. The van der Waals surface area contributed by atoms with E-state index < -0.39 is 0 Å². The van der Waals surface area contributed by atoms with Crippen molar-refractivity contribution in [1.29, 1.82) is 5.26 Å². The van der Waals surface area contributed by atoms with Crippen molar-refractivity contribution in [2.45, 2.75) is 13.3 Å². The van der Waals surface area contributed by atoms with Crippen LogP contribution in [0.25, 0.3) is 11.6 Å². The summed E-state index contributed by atoms with van der Waals surface area (Å²) in [6, 6.07) is 16.0. The summed E-state index contributed by atoms with van der Waals surface area (Å²) < 4.78 is 0. The van der Waals surface area contributed by atoms with Crippen molar-refractivity contribution < 1.29 is 0 Å². The molecule has 2 aromatic rings. The van der Waals surface area contributed by atoms with Crippen LogP contribution >= 0.6 is 0 Å². The minimum atomic E-state index is 0.583. The molecule has 0 bridgehead atoms. The highest BCUT2D eigenvalue weighted by Gasteiger charge is 2.01. The number of hydrogen-bond donors (Lipinski definition) is 0. The molecule has 0 saturated heterocycles. The Kier molecular flexibility index (Phi) is 3.88. The zero-order valence-corrected chi connectivity index (χ0v) is 10.3. The Balaban J connectivity index is 2.33. The molecule has 2 heteroatoms. The standard InChI is InChI=1S/C16H14N2/c1-2-13-6-8-14(9-7-13)11-15(12-17)16-5-3-4-10-18-16/h3-11H,2H2,1H3. The molecule has 0 aliphatic heterocycles. The summed E-state index contributed by atoms with van der Waals surface area (Å²) in [5.74, 6) is 0. The molecule has 0 unspecified atom stereocenters. The summed E-state index contributed by atoms with van der Waals surface area (Å²) in [4.78, 5) is 4.19. The number of rotatable bonds is 3. The third kappa shape index (κ3) is 2.83. The van der Waals surface area contributed by atoms with E-state index in [2.05, 4.69) is 30.1 Å². The molecular weight excluding hydrogens is 220 g/mol. The van der Waals surface area contributed by atoms with Crippen molar-refractivity contribution in [1.82, 2.24) is 4.98 Å². The first-order valence-corrected chi connectivity index (χ1v) is 5.95. The zero-order chi connectivity index (χ0) is 12.8. The van der Waals surface area contributed by atoms with Crippen LogP contribution in [0, 0.1) is 11.3 Å². The fourth-order valence-electron chi connectivity index (χ4n) is 1.70. The zero-order valence-electron chi connectivity index (χ0n) is 10.3. The second-order valence-electron chi connectivity index (χ2n) is 3.98. The molecule has 0 spiro atoms. The van der Waals surface area contributed by atoms with Crippen molar-refractivity contribution in [3.63, 3.8) is 0 Å². The van der Waals surface area contributed by atoms with Crippen LogP contribution in [0.15, 0.2) is 48.7 Å². The molecule has 2 rings (SSSR count). The maximum absolute atomic E-state index is 9.18. The van der Waals surface area contributed by atoms with E-state index in [0.717, 1.165) is 12.0 Å². The van der Waals surface area contributed by atoms with Gasteiger partial charge >= 0.3 is 0 Å². The molecule has 0 aliphatic carbocycles. The van der Waals surface area contributed by atoms with Crippen LogP contribution in [0.5, 0.6) is 0 Å². The van der Waals surface area contributed by atoms with Gasteiger partial charge in [-0.3, -0.25) is 4.98 Å². The first-order chi connectivity index (χ1) is 8.83. The van der Waals surface area contributed by atoms with Crippen LogP contribution in [-0.2, 0) is 6.42 Å². The maximum atomic E-state index is 9.18. The van der Waals surface area contributed by atoms with E-state index in [1.54, 1.807) is 6.20 Å². The van der Waals surface area contributed by atoms with E-state index >= 15 is 0 Å². The van der Waals surface area contributed by atoms with Gasteiger partial charge in [-0.15, -0.1) is 0 Å². The molecule has 1 heterocycles. The van der Waals surface area contributed by atoms with Crippen molar-refractivity contribution in [3.8, 4) is 6.07 Å². The smallest absolute Gasteiger partial charge is 0.101 e. The lowest BCUT2D eigenvalue weighted by Crippen LogP contribution is -1.86. The minimum Gasteiger partial charge on any atom is -0.256 e. The van der Waals surface area contributed by atoms with E-state index in [1.807, 2.05) is 36.4 Å². The van der Waals surface area contributed by atoms with Crippen LogP contribution in [0.3, 0.4) is 0 Å². The van der Waals surface area contributed by atoms with Crippen LogP contribution in [0.1, 0.15) is 23.7 Å². The molecule has 0 atom stereocenters. The van der Waals surface area contributed by atoms with Gasteiger partial charge in [0.2, 0.25) is 0 Å². The molecule has 0 saturated carbocycles. The third-order valence-corrected chi connectivity index (χ3v) is 2.76. The highest BCUT2D eigenvalue weighted by atomic mass is 14.7. The molecule has 0 fully saturated rings. The van der Waals surface area contributed by atoms with Gasteiger partial charge in [-0.2, -0.15) is 5.26 Å². The molecule has 0 N–H and O–H groups in total. The number of aromatic nitrogens is 1. The quantitative estimate of drug-likeness (QED) is 0.759. The highest BCUT2D eigenvalue weighted by Crippen LogP contribution is 2.15. The van der Waals surface area contributed by atoms with E-state index in [-0.39, 0.29) is 0 Å². The Morgan fingerprint density at radius 2 is 2.00 bits per heavy atom. The van der Waals surface area contributed by atoms with Crippen LogP contribution in [0.2, 0.25) is 0 Å². The third-order valence-electron chi connectivity index (χ3n) is 2.76. The van der Waals surface area contributed by atoms with Crippen LogP contribution < -0.4 is 0 Å². The van der Waals surface area contributed by atoms with E-state index in [9.17, 15) is 5.26 Å². The summed E-state index contributed by atoms with van der Waals surface area (Å²) in [6.45, 7) is 2.12. The molecule has 1 aromatic heterocycles. The lowest BCUT2D eigenvalue weighted by Gasteiger charge is -2.00. The van der Waals surface area contributed by atoms with Crippen molar-refractivity contribution in [2.75, 3.05) is 0 Å². The Labute approximate surface area is 107 Å². The van der Waals surface area contributed by atoms with Gasteiger partial charge < -0.3 is 0 Å². The van der Waals surface area contributed by atoms with Gasteiger partial charge in [0.05, 0.1) is 11.3 Å². The Morgan fingerprint density at radius 3 is 2.56 bits per heavy atom. The van der Waals surface area contributed by atoms with Gasteiger partial charge in [0.25, 0.3) is 0 Å². The molecule has 0 radical (unpaired) electrons. The van der Waals surface area contributed by atoms with E-state index in [0.29, 0.717) is 11.3 Å². The summed E-state index contributed by atoms with van der Waals surface area (Å²) in [5, 5.41) is 9.18. The normalized spacial score (nSPS) is 11.0. The number of nitrogens with zero attached hydrogens (tertiary/aromatic N) is 2. The number of aryl methyl sites for hydroxylation is 1. The van der Waals surface area contributed by atoms with Crippen molar-refractivity contribution >= 4 is 11.6 Å². The molecule has 0 amide bonds. The average molecular weight is 234 g/mol. The first-order valence-electron chi connectivity index (χ1n) is 5.95. The summed E-state index contributed by atoms with van der Waals surface area (Å²) in [7, 11) is 0. The van der Waals surface area contributed by atoms with Crippen LogP contribution in [-0.4, -0.2) is 4.98 Å². The SMILES string of the molecule is CCc1ccc(C=C(C#N)c2ccccn2)cc1. The van der Waals surface area contributed by atoms with E-state index in [1.165, 1.54) is 5.56 Å². The molecule has 2 nitrogen and oxygen atoms in total. The van der Waals surface area contributed by atoms with Gasteiger partial charge in [-0.1, -0.05) is 37.3 Å². The second kappa shape index (κ2) is 5.79. The Hall–Kier alpha value is -2.40. The van der Waals surface area contributed by atoms with Crippen molar-refractivity contribution in [3.05, 3.63) is 65.5 Å². The van der Waals surface area contributed by atoms with Crippen molar-refractivity contribution in [2.24, 2.45) is 0 Å². The molecule has 1 aromatic carbocycles. The van der Waals surface area contributed by atoms with Crippen LogP contribution in [0.4, 0.5) is 0 Å². The monoisotopic (exact) mass is 234 g/mol. The summed E-state index contributed by atoms with van der Waals surface area (Å²) in [6.07, 6.45) is 4.58. The lowest BCUT2D eigenvalue weighted by atomic mass is 10.1. The lowest BCUT2D eigenvalue weighted by molar-refractivity contribution is 1.14.